The van der Waals surface area contributed by atoms with Crippen LogP contribution in [0.5, 0.6) is 0 Å². The molecule has 0 amide bonds. The summed E-state index contributed by atoms with van der Waals surface area (Å²) in [6.07, 6.45) is 2.15. The Labute approximate surface area is 192 Å². The van der Waals surface area contributed by atoms with Crippen LogP contribution in [0.4, 0.5) is 17.1 Å². The lowest BCUT2D eigenvalue weighted by molar-refractivity contribution is -0.384. The summed E-state index contributed by atoms with van der Waals surface area (Å²) >= 11 is 0. The van der Waals surface area contributed by atoms with Gasteiger partial charge in [0.05, 0.1) is 22.3 Å². The standard InChI is InChI=1S/C27H25N3O3/c1-2-17-7-9-18(10-8-17)20-15-24-26(25(31)16-20)27(19-11-13-21(14-12-19)30(32)33)29-23-6-4-3-5-22(23)28-24/h3-14,20,27-29H,2,15-16H2,1H3. The zero-order chi connectivity index (χ0) is 22.9. The van der Waals surface area contributed by atoms with Crippen LogP contribution in [-0.2, 0) is 11.2 Å². The molecule has 0 spiro atoms. The zero-order valence-corrected chi connectivity index (χ0v) is 18.4. The Hall–Kier alpha value is -3.93. The Morgan fingerprint density at radius 3 is 2.24 bits per heavy atom. The highest BCUT2D eigenvalue weighted by Crippen LogP contribution is 2.44. The summed E-state index contributed by atoms with van der Waals surface area (Å²) in [5.74, 6) is 0.203. The molecule has 2 N–H and O–H groups in total. The third kappa shape index (κ3) is 4.00. The minimum absolute atomic E-state index is 0.0330. The first kappa shape index (κ1) is 20.9. The first-order valence-corrected chi connectivity index (χ1v) is 11.3. The van der Waals surface area contributed by atoms with E-state index in [1.54, 1.807) is 12.1 Å². The fourth-order valence-corrected chi connectivity index (χ4v) is 4.79. The summed E-state index contributed by atoms with van der Waals surface area (Å²) in [4.78, 5) is 24.3. The van der Waals surface area contributed by atoms with E-state index in [1.807, 2.05) is 24.3 Å². The molecule has 0 bridgehead atoms. The fourth-order valence-electron chi connectivity index (χ4n) is 4.79. The molecule has 6 heteroatoms. The number of nitrogens with zero attached hydrogens (tertiary/aromatic N) is 1. The van der Waals surface area contributed by atoms with Crippen LogP contribution in [0.2, 0.25) is 0 Å². The van der Waals surface area contributed by atoms with Gasteiger partial charge in [-0.05, 0) is 59.7 Å². The number of rotatable bonds is 4. The Morgan fingerprint density at radius 1 is 0.909 bits per heavy atom. The number of para-hydroxylation sites is 2. The molecule has 166 valence electrons. The van der Waals surface area contributed by atoms with E-state index in [0.29, 0.717) is 12.0 Å². The number of Topliss-reactive ketones (excluding diaryl/α,β-unsaturated/α-hetero) is 1. The Bertz CT molecular complexity index is 1250. The minimum Gasteiger partial charge on any atom is -0.372 e. The largest absolute Gasteiger partial charge is 0.372 e. The number of aryl methyl sites for hydroxylation is 1. The smallest absolute Gasteiger partial charge is 0.269 e. The van der Waals surface area contributed by atoms with Gasteiger partial charge in [-0.15, -0.1) is 0 Å². The molecule has 0 fully saturated rings. The molecule has 0 saturated heterocycles. The number of allylic oxidation sites excluding steroid dienone is 1. The number of nitrogens with one attached hydrogen (secondary N) is 2. The van der Waals surface area contributed by atoms with E-state index in [1.165, 1.54) is 23.3 Å². The molecule has 1 aliphatic heterocycles. The second kappa shape index (κ2) is 8.54. The molecular formula is C27H25N3O3. The van der Waals surface area contributed by atoms with Gasteiger partial charge in [-0.1, -0.05) is 43.3 Å². The highest BCUT2D eigenvalue weighted by atomic mass is 16.6. The van der Waals surface area contributed by atoms with E-state index in [4.69, 9.17) is 0 Å². The number of non-ortho nitro benzene ring substituents is 1. The second-order valence-corrected chi connectivity index (χ2v) is 8.61. The Balaban J connectivity index is 1.56. The van der Waals surface area contributed by atoms with Crippen LogP contribution in [-0.4, -0.2) is 10.7 Å². The number of benzene rings is 3. The average Bonchev–Trinajstić information content (AvgIpc) is 3.01. The summed E-state index contributed by atoms with van der Waals surface area (Å²) in [5, 5.41) is 18.2. The molecule has 0 radical (unpaired) electrons. The summed E-state index contributed by atoms with van der Waals surface area (Å²) in [6.45, 7) is 2.13. The predicted molar refractivity (Wildman–Crippen MR) is 129 cm³/mol. The number of carbonyl (C=O) groups excluding carboxylic acids is 1. The predicted octanol–water partition coefficient (Wildman–Crippen LogP) is 6.14. The van der Waals surface area contributed by atoms with Crippen LogP contribution in [0.1, 0.15) is 48.4 Å². The van der Waals surface area contributed by atoms with E-state index >= 15 is 0 Å². The fraction of sp³-hybridized carbons (Fsp3) is 0.222. The van der Waals surface area contributed by atoms with Crippen molar-refractivity contribution < 1.29 is 9.72 Å². The van der Waals surface area contributed by atoms with Gasteiger partial charge in [-0.3, -0.25) is 14.9 Å². The third-order valence-corrected chi connectivity index (χ3v) is 6.61. The highest BCUT2D eigenvalue weighted by Gasteiger charge is 2.36. The monoisotopic (exact) mass is 439 g/mol. The number of carbonyl (C=O) groups is 1. The normalized spacial score (nSPS) is 19.6. The van der Waals surface area contributed by atoms with Crippen LogP contribution >= 0.6 is 0 Å². The first-order valence-electron chi connectivity index (χ1n) is 11.3. The first-order chi connectivity index (χ1) is 16.0. The van der Waals surface area contributed by atoms with Crippen molar-refractivity contribution in [3.63, 3.8) is 0 Å². The lowest BCUT2D eigenvalue weighted by Crippen LogP contribution is -2.26. The lowest BCUT2D eigenvalue weighted by atomic mass is 9.78. The highest BCUT2D eigenvalue weighted by molar-refractivity contribution is 6.01. The SMILES string of the molecule is CCc1ccc(C2CC(=O)C3=C(C2)Nc2ccccc2NC3c2ccc([N+](=O)[O-])cc2)cc1. The van der Waals surface area contributed by atoms with Crippen molar-refractivity contribution in [3.8, 4) is 0 Å². The van der Waals surface area contributed by atoms with E-state index < -0.39 is 4.92 Å². The number of nitro groups is 1. The van der Waals surface area contributed by atoms with Crippen LogP contribution in [0.25, 0.3) is 0 Å². The van der Waals surface area contributed by atoms with Crippen LogP contribution < -0.4 is 10.6 Å². The maximum atomic E-state index is 13.6. The maximum absolute atomic E-state index is 13.6. The van der Waals surface area contributed by atoms with E-state index in [0.717, 1.165) is 35.5 Å². The van der Waals surface area contributed by atoms with Gasteiger partial charge < -0.3 is 10.6 Å². The van der Waals surface area contributed by atoms with Crippen molar-refractivity contribution >= 4 is 22.8 Å². The third-order valence-electron chi connectivity index (χ3n) is 6.61. The molecule has 3 aromatic carbocycles. The van der Waals surface area contributed by atoms with Crippen molar-refractivity contribution in [2.75, 3.05) is 10.6 Å². The van der Waals surface area contributed by atoms with Gasteiger partial charge in [-0.2, -0.15) is 0 Å². The van der Waals surface area contributed by atoms with Gasteiger partial charge in [-0.25, -0.2) is 0 Å². The molecule has 0 saturated carbocycles. The number of nitro benzene ring substituents is 1. The Morgan fingerprint density at radius 2 is 1.58 bits per heavy atom. The van der Waals surface area contributed by atoms with Gasteiger partial charge in [0, 0.05) is 29.8 Å². The molecule has 0 aromatic heterocycles. The van der Waals surface area contributed by atoms with Gasteiger partial charge in [0.15, 0.2) is 5.78 Å². The summed E-state index contributed by atoms with van der Waals surface area (Å²) in [7, 11) is 0. The van der Waals surface area contributed by atoms with Crippen molar-refractivity contribution in [2.45, 2.75) is 38.1 Å². The molecule has 33 heavy (non-hydrogen) atoms. The average molecular weight is 440 g/mol. The van der Waals surface area contributed by atoms with Crippen molar-refractivity contribution in [1.82, 2.24) is 0 Å². The number of hydrogen-bond acceptors (Lipinski definition) is 5. The zero-order valence-electron chi connectivity index (χ0n) is 18.4. The summed E-state index contributed by atoms with van der Waals surface area (Å²) in [6, 6.07) is 22.5. The van der Waals surface area contributed by atoms with E-state index in [9.17, 15) is 14.9 Å². The lowest BCUT2D eigenvalue weighted by Gasteiger charge is -2.30. The number of hydrogen-bond donors (Lipinski definition) is 2. The summed E-state index contributed by atoms with van der Waals surface area (Å²) in [5.41, 5.74) is 6.75. The Kier molecular flexibility index (Phi) is 5.42. The number of fused-ring (bicyclic) bond motifs is 1. The van der Waals surface area contributed by atoms with Crippen LogP contribution in [0.3, 0.4) is 0 Å². The molecular weight excluding hydrogens is 414 g/mol. The van der Waals surface area contributed by atoms with Gasteiger partial charge in [0.1, 0.15) is 0 Å². The molecule has 3 aromatic rings. The van der Waals surface area contributed by atoms with Crippen molar-refractivity contribution in [2.24, 2.45) is 0 Å². The molecule has 5 rings (SSSR count). The van der Waals surface area contributed by atoms with Crippen LogP contribution in [0, 0.1) is 10.1 Å². The number of ketones is 1. The molecule has 1 aliphatic carbocycles. The maximum Gasteiger partial charge on any atom is 0.269 e. The molecule has 2 atom stereocenters. The molecule has 2 unspecified atom stereocenters. The minimum atomic E-state index is -0.411. The van der Waals surface area contributed by atoms with Crippen LogP contribution in [0.15, 0.2) is 84.1 Å². The molecule has 2 aliphatic rings. The van der Waals surface area contributed by atoms with Gasteiger partial charge >= 0.3 is 0 Å². The van der Waals surface area contributed by atoms with Crippen molar-refractivity contribution in [3.05, 3.63) is 111 Å². The topological polar surface area (TPSA) is 84.3 Å². The van der Waals surface area contributed by atoms with E-state index in [2.05, 4.69) is 41.8 Å². The van der Waals surface area contributed by atoms with Crippen molar-refractivity contribution in [1.29, 1.82) is 0 Å². The quantitative estimate of drug-likeness (QED) is 0.377. The van der Waals surface area contributed by atoms with Gasteiger partial charge in [0.2, 0.25) is 0 Å². The van der Waals surface area contributed by atoms with Gasteiger partial charge in [0.25, 0.3) is 5.69 Å². The van der Waals surface area contributed by atoms with E-state index in [-0.39, 0.29) is 23.4 Å². The second-order valence-electron chi connectivity index (χ2n) is 8.61. The summed E-state index contributed by atoms with van der Waals surface area (Å²) < 4.78 is 0. The number of anilines is 2. The molecule has 1 heterocycles. The molecule has 6 nitrogen and oxygen atoms in total.